The summed E-state index contributed by atoms with van der Waals surface area (Å²) < 4.78 is 25.3. The molecule has 0 radical (unpaired) electrons. The summed E-state index contributed by atoms with van der Waals surface area (Å²) in [6.07, 6.45) is -0.752. The highest BCUT2D eigenvalue weighted by atomic mass is 19.1. The summed E-state index contributed by atoms with van der Waals surface area (Å²) in [7, 11) is 0. The van der Waals surface area contributed by atoms with Gasteiger partial charge in [-0.15, -0.1) is 0 Å². The average Bonchev–Trinajstić information content (AvgIpc) is 3.18. The number of benzene rings is 2. The van der Waals surface area contributed by atoms with Crippen LogP contribution in [0.2, 0.25) is 0 Å². The predicted molar refractivity (Wildman–Crippen MR) is 121 cm³/mol. The number of ether oxygens (including phenoxy) is 2. The van der Waals surface area contributed by atoms with E-state index in [-0.39, 0.29) is 24.7 Å². The number of carbonyl (C=O) groups excluding carboxylic acids is 3. The number of carbonyl (C=O) groups is 3. The molecule has 1 aliphatic rings. The Balaban J connectivity index is 1.32. The van der Waals surface area contributed by atoms with Crippen LogP contribution in [-0.2, 0) is 19.1 Å². The molecule has 1 atom stereocenters. The lowest BCUT2D eigenvalue weighted by molar-refractivity contribution is -0.147. The minimum atomic E-state index is -0.661. The maximum absolute atomic E-state index is 13.2. The van der Waals surface area contributed by atoms with Gasteiger partial charge in [0, 0.05) is 12.6 Å². The Labute approximate surface area is 195 Å². The van der Waals surface area contributed by atoms with Crippen molar-refractivity contribution in [2.45, 2.75) is 26.4 Å². The van der Waals surface area contributed by atoms with Gasteiger partial charge >= 0.3 is 5.97 Å². The van der Waals surface area contributed by atoms with Crippen molar-refractivity contribution in [2.75, 3.05) is 23.4 Å². The summed E-state index contributed by atoms with van der Waals surface area (Å²) >= 11 is 0. The van der Waals surface area contributed by atoms with Crippen molar-refractivity contribution in [3.8, 4) is 11.4 Å². The van der Waals surface area contributed by atoms with Crippen molar-refractivity contribution >= 4 is 29.3 Å². The quantitative estimate of drug-likeness (QED) is 0.537. The molecule has 10 heteroatoms. The van der Waals surface area contributed by atoms with Crippen molar-refractivity contribution in [1.29, 1.82) is 0 Å². The molecule has 34 heavy (non-hydrogen) atoms. The molecule has 0 fully saturated rings. The fourth-order valence-corrected chi connectivity index (χ4v) is 3.56. The van der Waals surface area contributed by atoms with Gasteiger partial charge < -0.3 is 19.7 Å². The first-order valence-corrected chi connectivity index (χ1v) is 10.7. The Morgan fingerprint density at radius 2 is 1.91 bits per heavy atom. The number of hydrogen-bond acceptors (Lipinski definition) is 6. The fraction of sp³-hybridized carbons (Fsp3) is 0.250. The molecule has 0 spiro atoms. The number of aromatic nitrogens is 2. The summed E-state index contributed by atoms with van der Waals surface area (Å²) in [4.78, 5) is 38.6. The van der Waals surface area contributed by atoms with Gasteiger partial charge in [0.15, 0.2) is 12.7 Å². The number of nitrogens with zero attached hydrogens (tertiary/aromatic N) is 3. The number of aryl methyl sites for hydroxylation is 1. The Kier molecular flexibility index (Phi) is 6.58. The van der Waals surface area contributed by atoms with E-state index in [0.717, 1.165) is 0 Å². The molecule has 0 aliphatic carbocycles. The molecule has 9 nitrogen and oxygen atoms in total. The number of esters is 1. The monoisotopic (exact) mass is 466 g/mol. The predicted octanol–water partition coefficient (Wildman–Crippen LogP) is 3.01. The second-order valence-corrected chi connectivity index (χ2v) is 7.74. The largest absolute Gasteiger partial charge is 0.479 e. The first-order chi connectivity index (χ1) is 16.3. The van der Waals surface area contributed by atoms with Crippen LogP contribution in [0.15, 0.2) is 54.6 Å². The van der Waals surface area contributed by atoms with E-state index in [0.29, 0.717) is 28.6 Å². The van der Waals surface area contributed by atoms with Crippen molar-refractivity contribution in [3.05, 3.63) is 66.1 Å². The van der Waals surface area contributed by atoms with Gasteiger partial charge in [0.25, 0.3) is 11.8 Å². The molecule has 2 aromatic carbocycles. The Hall–Kier alpha value is -4.21. The number of nitrogens with one attached hydrogen (secondary N) is 1. The fourth-order valence-electron chi connectivity index (χ4n) is 3.56. The van der Waals surface area contributed by atoms with Crippen LogP contribution in [0, 0.1) is 12.7 Å². The van der Waals surface area contributed by atoms with Crippen LogP contribution in [-0.4, -0.2) is 46.8 Å². The molecule has 2 heterocycles. The molecule has 1 aromatic heterocycles. The van der Waals surface area contributed by atoms with Crippen LogP contribution in [0.1, 0.15) is 19.0 Å². The number of para-hydroxylation sites is 2. The maximum Gasteiger partial charge on any atom is 0.308 e. The zero-order chi connectivity index (χ0) is 24.2. The van der Waals surface area contributed by atoms with E-state index in [1.807, 2.05) is 0 Å². The molecule has 2 amide bonds. The van der Waals surface area contributed by atoms with E-state index >= 15 is 0 Å². The molecular formula is C24H23FN4O5. The third-order valence-corrected chi connectivity index (χ3v) is 5.15. The van der Waals surface area contributed by atoms with E-state index in [1.165, 1.54) is 33.8 Å². The summed E-state index contributed by atoms with van der Waals surface area (Å²) in [6.45, 7) is 2.99. The summed E-state index contributed by atoms with van der Waals surface area (Å²) in [6, 6.07) is 14.4. The smallest absolute Gasteiger partial charge is 0.308 e. The van der Waals surface area contributed by atoms with Gasteiger partial charge in [0.1, 0.15) is 17.4 Å². The number of rotatable bonds is 7. The molecule has 1 N–H and O–H groups in total. The number of anilines is 2. The van der Waals surface area contributed by atoms with Crippen molar-refractivity contribution in [2.24, 2.45) is 0 Å². The zero-order valence-electron chi connectivity index (χ0n) is 18.7. The van der Waals surface area contributed by atoms with E-state index in [1.54, 1.807) is 44.2 Å². The molecule has 1 aliphatic heterocycles. The molecule has 4 rings (SSSR count). The topological polar surface area (TPSA) is 103 Å². The van der Waals surface area contributed by atoms with Gasteiger partial charge in [-0.25, -0.2) is 9.07 Å². The highest BCUT2D eigenvalue weighted by Crippen LogP contribution is 2.33. The number of hydrogen-bond donors (Lipinski definition) is 1. The van der Waals surface area contributed by atoms with Gasteiger partial charge in [-0.1, -0.05) is 12.1 Å². The van der Waals surface area contributed by atoms with Gasteiger partial charge in [0.05, 0.1) is 23.5 Å². The maximum atomic E-state index is 13.2. The van der Waals surface area contributed by atoms with Crippen LogP contribution in [0.4, 0.5) is 15.9 Å². The van der Waals surface area contributed by atoms with Gasteiger partial charge in [-0.05, 0) is 50.2 Å². The van der Waals surface area contributed by atoms with E-state index in [4.69, 9.17) is 9.47 Å². The van der Waals surface area contributed by atoms with Gasteiger partial charge in [0.2, 0.25) is 0 Å². The molecule has 176 valence electrons. The number of fused-ring (bicyclic) bond motifs is 1. The van der Waals surface area contributed by atoms with Crippen molar-refractivity contribution < 1.29 is 28.2 Å². The lowest BCUT2D eigenvalue weighted by Gasteiger charge is -2.32. The first-order valence-electron chi connectivity index (χ1n) is 10.7. The lowest BCUT2D eigenvalue weighted by atomic mass is 10.2. The van der Waals surface area contributed by atoms with Crippen LogP contribution < -0.4 is 15.0 Å². The Morgan fingerprint density at radius 3 is 2.68 bits per heavy atom. The normalized spacial score (nSPS) is 14.9. The zero-order valence-corrected chi connectivity index (χ0v) is 18.7. The van der Waals surface area contributed by atoms with Crippen molar-refractivity contribution in [1.82, 2.24) is 9.78 Å². The average molecular weight is 466 g/mol. The minimum absolute atomic E-state index is 0.0906. The highest BCUT2D eigenvalue weighted by Gasteiger charge is 2.31. The third kappa shape index (κ3) is 5.06. The van der Waals surface area contributed by atoms with Crippen LogP contribution in [0.25, 0.3) is 5.69 Å². The van der Waals surface area contributed by atoms with E-state index in [2.05, 4.69) is 10.4 Å². The first kappa shape index (κ1) is 23.0. The minimum Gasteiger partial charge on any atom is -0.479 e. The van der Waals surface area contributed by atoms with E-state index in [9.17, 15) is 18.8 Å². The summed E-state index contributed by atoms with van der Waals surface area (Å²) in [5, 5.41) is 6.94. The van der Waals surface area contributed by atoms with Crippen LogP contribution in [0.5, 0.6) is 5.75 Å². The number of halogens is 1. The highest BCUT2D eigenvalue weighted by molar-refractivity contribution is 6.00. The van der Waals surface area contributed by atoms with Crippen molar-refractivity contribution in [3.63, 3.8) is 0 Å². The molecule has 3 aromatic rings. The molecule has 0 saturated heterocycles. The van der Waals surface area contributed by atoms with Crippen LogP contribution in [0.3, 0.4) is 0 Å². The third-order valence-electron chi connectivity index (χ3n) is 5.15. The summed E-state index contributed by atoms with van der Waals surface area (Å²) in [5.74, 6) is -0.901. The second kappa shape index (κ2) is 9.74. The SMILES string of the molecule is Cc1cc(NC(=O)COC(=O)CCN2C(=O)C(C)Oc3ccccc32)n(-c2ccc(F)cc2)n1. The molecule has 1 unspecified atom stereocenters. The molecule has 0 saturated carbocycles. The lowest BCUT2D eigenvalue weighted by Crippen LogP contribution is -2.45. The molecule has 0 bridgehead atoms. The van der Waals surface area contributed by atoms with Gasteiger partial charge in [-0.3, -0.25) is 14.4 Å². The van der Waals surface area contributed by atoms with Gasteiger partial charge in [-0.2, -0.15) is 5.10 Å². The number of amides is 2. The van der Waals surface area contributed by atoms with E-state index < -0.39 is 24.6 Å². The molecular weight excluding hydrogens is 443 g/mol. The second-order valence-electron chi connectivity index (χ2n) is 7.74. The van der Waals surface area contributed by atoms with Crippen LogP contribution >= 0.6 is 0 Å². The Morgan fingerprint density at radius 1 is 1.18 bits per heavy atom. The summed E-state index contributed by atoms with van der Waals surface area (Å²) in [5.41, 5.74) is 1.79. The standard InChI is InChI=1S/C24H23FN4O5/c1-15-13-21(29(27-15)18-9-7-17(25)8-10-18)26-22(30)14-33-23(31)11-12-28-19-5-3-4-6-20(19)34-16(2)24(28)32/h3-10,13,16H,11-12,14H2,1-2H3,(H,26,30). The Bertz CT molecular complexity index is 1220.